The molecule has 0 spiro atoms. The van der Waals surface area contributed by atoms with Gasteiger partial charge in [0.15, 0.2) is 0 Å². The topological polar surface area (TPSA) is 32.5 Å². The normalized spacial score (nSPS) is 20.6. The second kappa shape index (κ2) is 7.09. The first-order valence-corrected chi connectivity index (χ1v) is 7.86. The standard InChI is InChI=1S/C17H29N3/c1-4-15(18)12-14-8-5-6-10-17(14)20-11-7-9-16(20)13-19(2)3/h5-6,8,10,15-16H,4,7,9,11-13,18H2,1-3H3. The van der Waals surface area contributed by atoms with E-state index in [2.05, 4.69) is 55.1 Å². The van der Waals surface area contributed by atoms with Gasteiger partial charge >= 0.3 is 0 Å². The highest BCUT2D eigenvalue weighted by atomic mass is 15.2. The summed E-state index contributed by atoms with van der Waals surface area (Å²) in [5, 5.41) is 0. The summed E-state index contributed by atoms with van der Waals surface area (Å²) in [5.74, 6) is 0. The molecule has 3 heteroatoms. The molecule has 2 atom stereocenters. The SMILES string of the molecule is CCC(N)Cc1ccccc1N1CCCC1CN(C)C. The highest BCUT2D eigenvalue weighted by Crippen LogP contribution is 2.29. The van der Waals surface area contributed by atoms with E-state index in [1.165, 1.54) is 30.6 Å². The molecule has 112 valence electrons. The average Bonchev–Trinajstić information content (AvgIpc) is 2.86. The molecular weight excluding hydrogens is 246 g/mol. The fraction of sp³-hybridized carbons (Fsp3) is 0.647. The van der Waals surface area contributed by atoms with Crippen LogP contribution in [0.25, 0.3) is 0 Å². The summed E-state index contributed by atoms with van der Waals surface area (Å²) in [7, 11) is 4.32. The van der Waals surface area contributed by atoms with E-state index in [4.69, 9.17) is 5.73 Å². The van der Waals surface area contributed by atoms with Gasteiger partial charge in [0.05, 0.1) is 0 Å². The van der Waals surface area contributed by atoms with Crippen molar-refractivity contribution < 1.29 is 0 Å². The minimum absolute atomic E-state index is 0.269. The quantitative estimate of drug-likeness (QED) is 0.866. The Labute approximate surface area is 123 Å². The molecule has 20 heavy (non-hydrogen) atoms. The average molecular weight is 275 g/mol. The summed E-state index contributed by atoms with van der Waals surface area (Å²) in [6.45, 7) is 4.48. The molecule has 0 amide bonds. The first-order valence-electron chi connectivity index (χ1n) is 7.86. The van der Waals surface area contributed by atoms with Crippen molar-refractivity contribution in [2.24, 2.45) is 5.73 Å². The number of rotatable bonds is 6. The Balaban J connectivity index is 2.18. The van der Waals surface area contributed by atoms with Crippen molar-refractivity contribution in [1.29, 1.82) is 0 Å². The lowest BCUT2D eigenvalue weighted by atomic mass is 10.0. The maximum Gasteiger partial charge on any atom is 0.0417 e. The fourth-order valence-corrected chi connectivity index (χ4v) is 3.15. The number of hydrogen-bond acceptors (Lipinski definition) is 3. The zero-order valence-corrected chi connectivity index (χ0v) is 13.2. The molecule has 2 unspecified atom stereocenters. The van der Waals surface area contributed by atoms with E-state index in [1.54, 1.807) is 0 Å². The van der Waals surface area contributed by atoms with E-state index < -0.39 is 0 Å². The second-order valence-corrected chi connectivity index (χ2v) is 6.25. The van der Waals surface area contributed by atoms with Crippen LogP contribution in [0.3, 0.4) is 0 Å². The predicted molar refractivity (Wildman–Crippen MR) is 87.3 cm³/mol. The first kappa shape index (κ1) is 15.3. The summed E-state index contributed by atoms with van der Waals surface area (Å²) in [5.41, 5.74) is 8.97. The number of benzene rings is 1. The van der Waals surface area contributed by atoms with E-state index in [1.807, 2.05) is 0 Å². The third-order valence-corrected chi connectivity index (χ3v) is 4.26. The number of nitrogens with two attached hydrogens (primary N) is 1. The summed E-state index contributed by atoms with van der Waals surface area (Å²) >= 11 is 0. The largest absolute Gasteiger partial charge is 0.367 e. The number of anilines is 1. The molecule has 1 aliphatic rings. The molecule has 1 fully saturated rings. The van der Waals surface area contributed by atoms with Crippen molar-refractivity contribution in [2.45, 2.75) is 44.7 Å². The van der Waals surface area contributed by atoms with Crippen molar-refractivity contribution in [2.75, 3.05) is 32.1 Å². The number of likely N-dealkylation sites (N-methyl/N-ethyl adjacent to an activating group) is 1. The Morgan fingerprint density at radius 1 is 1.35 bits per heavy atom. The van der Waals surface area contributed by atoms with Gasteiger partial charge in [-0.3, -0.25) is 0 Å². The van der Waals surface area contributed by atoms with Gasteiger partial charge in [-0.1, -0.05) is 25.1 Å². The summed E-state index contributed by atoms with van der Waals surface area (Å²) < 4.78 is 0. The van der Waals surface area contributed by atoms with Crippen molar-refractivity contribution in [3.05, 3.63) is 29.8 Å². The molecule has 3 nitrogen and oxygen atoms in total. The molecule has 0 bridgehead atoms. The molecule has 1 aromatic carbocycles. The van der Waals surface area contributed by atoms with Crippen LogP contribution in [0.4, 0.5) is 5.69 Å². The van der Waals surface area contributed by atoms with Crippen LogP contribution in [0.5, 0.6) is 0 Å². The number of para-hydroxylation sites is 1. The zero-order chi connectivity index (χ0) is 14.5. The Bertz CT molecular complexity index is 416. The Morgan fingerprint density at radius 3 is 2.80 bits per heavy atom. The number of hydrogen-bond donors (Lipinski definition) is 1. The van der Waals surface area contributed by atoms with Gasteiger partial charge in [0.25, 0.3) is 0 Å². The predicted octanol–water partition coefficient (Wildman–Crippen LogP) is 2.50. The minimum atomic E-state index is 0.269. The van der Waals surface area contributed by atoms with Gasteiger partial charge in [-0.05, 0) is 51.4 Å². The lowest BCUT2D eigenvalue weighted by Gasteiger charge is -2.31. The summed E-state index contributed by atoms with van der Waals surface area (Å²) in [6.07, 6.45) is 4.62. The van der Waals surface area contributed by atoms with Crippen LogP contribution in [0.2, 0.25) is 0 Å². The van der Waals surface area contributed by atoms with Crippen molar-refractivity contribution in [1.82, 2.24) is 4.90 Å². The molecule has 2 rings (SSSR count). The smallest absolute Gasteiger partial charge is 0.0417 e. The third kappa shape index (κ3) is 3.74. The molecule has 1 aliphatic heterocycles. The van der Waals surface area contributed by atoms with Gasteiger partial charge in [0.1, 0.15) is 0 Å². The summed E-state index contributed by atoms with van der Waals surface area (Å²) in [6, 6.07) is 9.72. The monoisotopic (exact) mass is 275 g/mol. The summed E-state index contributed by atoms with van der Waals surface area (Å²) in [4.78, 5) is 4.89. The van der Waals surface area contributed by atoms with Crippen LogP contribution < -0.4 is 10.6 Å². The van der Waals surface area contributed by atoms with Crippen LogP contribution in [0.15, 0.2) is 24.3 Å². The van der Waals surface area contributed by atoms with Crippen molar-refractivity contribution in [3.8, 4) is 0 Å². The molecule has 1 saturated heterocycles. The highest BCUT2D eigenvalue weighted by Gasteiger charge is 2.26. The van der Waals surface area contributed by atoms with Crippen LogP contribution in [-0.4, -0.2) is 44.2 Å². The lowest BCUT2D eigenvalue weighted by molar-refractivity contribution is 0.372. The Hall–Kier alpha value is -1.06. The van der Waals surface area contributed by atoms with E-state index in [0.29, 0.717) is 6.04 Å². The Morgan fingerprint density at radius 2 is 2.10 bits per heavy atom. The maximum atomic E-state index is 6.16. The second-order valence-electron chi connectivity index (χ2n) is 6.25. The van der Waals surface area contributed by atoms with Crippen LogP contribution in [-0.2, 0) is 6.42 Å². The highest BCUT2D eigenvalue weighted by molar-refractivity contribution is 5.55. The van der Waals surface area contributed by atoms with Crippen LogP contribution >= 0.6 is 0 Å². The van der Waals surface area contributed by atoms with Gasteiger partial charge in [-0.15, -0.1) is 0 Å². The molecule has 1 aromatic rings. The first-order chi connectivity index (χ1) is 9.61. The van der Waals surface area contributed by atoms with Crippen LogP contribution in [0.1, 0.15) is 31.7 Å². The van der Waals surface area contributed by atoms with Crippen molar-refractivity contribution >= 4 is 5.69 Å². The van der Waals surface area contributed by atoms with E-state index in [0.717, 1.165) is 19.4 Å². The Kier molecular flexibility index (Phi) is 5.44. The lowest BCUT2D eigenvalue weighted by Crippen LogP contribution is -2.38. The van der Waals surface area contributed by atoms with Gasteiger partial charge in [0, 0.05) is 30.9 Å². The number of nitrogens with zero attached hydrogens (tertiary/aromatic N) is 2. The van der Waals surface area contributed by atoms with Crippen LogP contribution in [0, 0.1) is 0 Å². The van der Waals surface area contributed by atoms with E-state index in [9.17, 15) is 0 Å². The molecule has 1 heterocycles. The zero-order valence-electron chi connectivity index (χ0n) is 13.2. The minimum Gasteiger partial charge on any atom is -0.367 e. The van der Waals surface area contributed by atoms with Crippen molar-refractivity contribution in [3.63, 3.8) is 0 Å². The maximum absolute atomic E-state index is 6.16. The molecule has 0 aliphatic carbocycles. The molecule has 0 radical (unpaired) electrons. The van der Waals surface area contributed by atoms with E-state index >= 15 is 0 Å². The van der Waals surface area contributed by atoms with Gasteiger partial charge in [-0.2, -0.15) is 0 Å². The third-order valence-electron chi connectivity index (χ3n) is 4.26. The van der Waals surface area contributed by atoms with Gasteiger partial charge in [0.2, 0.25) is 0 Å². The molecule has 0 saturated carbocycles. The molecule has 0 aromatic heterocycles. The van der Waals surface area contributed by atoms with E-state index in [-0.39, 0.29) is 6.04 Å². The van der Waals surface area contributed by atoms with Gasteiger partial charge in [-0.25, -0.2) is 0 Å². The molecular formula is C17H29N3. The van der Waals surface area contributed by atoms with Gasteiger partial charge < -0.3 is 15.5 Å². The fourth-order valence-electron chi connectivity index (χ4n) is 3.15. The molecule has 2 N–H and O–H groups in total.